The Bertz CT molecular complexity index is 595. The molecule has 1 heterocycles. The van der Waals surface area contributed by atoms with Gasteiger partial charge in [0.25, 0.3) is 5.69 Å². The van der Waals surface area contributed by atoms with Crippen molar-refractivity contribution in [1.29, 1.82) is 0 Å². The molecule has 1 fully saturated rings. The fourth-order valence-electron chi connectivity index (χ4n) is 3.74. The first-order chi connectivity index (χ1) is 10.6. The summed E-state index contributed by atoms with van der Waals surface area (Å²) in [5.41, 5.74) is 3.74. The molecule has 1 saturated heterocycles. The van der Waals surface area contributed by atoms with Crippen molar-refractivity contribution in [2.45, 2.75) is 45.4 Å². The molecule has 2 aliphatic rings. The highest BCUT2D eigenvalue weighted by Gasteiger charge is 2.24. The van der Waals surface area contributed by atoms with Crippen LogP contribution in [0.3, 0.4) is 0 Å². The lowest BCUT2D eigenvalue weighted by Crippen LogP contribution is -2.20. The van der Waals surface area contributed by atoms with E-state index in [1.165, 1.54) is 38.5 Å². The topological polar surface area (TPSA) is 46.4 Å². The number of hydrogen-bond acceptors (Lipinski definition) is 3. The Morgan fingerprint density at radius 2 is 2.23 bits per heavy atom. The number of nitrogens with zero attached hydrogens (tertiary/aromatic N) is 2. The van der Waals surface area contributed by atoms with Gasteiger partial charge in [-0.05, 0) is 63.5 Å². The SMILES string of the molecule is Cc1cc(N2CCC(CC3=CCCCC3)C2)ccc1[N+](=O)[O-]. The van der Waals surface area contributed by atoms with Crippen molar-refractivity contribution in [1.82, 2.24) is 0 Å². The molecule has 0 N–H and O–H groups in total. The molecule has 0 amide bonds. The second-order valence-electron chi connectivity index (χ2n) is 6.64. The molecule has 1 aliphatic carbocycles. The van der Waals surface area contributed by atoms with Crippen molar-refractivity contribution >= 4 is 11.4 Å². The van der Waals surface area contributed by atoms with Crippen LogP contribution >= 0.6 is 0 Å². The monoisotopic (exact) mass is 300 g/mol. The summed E-state index contributed by atoms with van der Waals surface area (Å²) in [4.78, 5) is 13.0. The lowest BCUT2D eigenvalue weighted by molar-refractivity contribution is -0.385. The van der Waals surface area contributed by atoms with E-state index >= 15 is 0 Å². The van der Waals surface area contributed by atoms with Gasteiger partial charge in [-0.2, -0.15) is 0 Å². The minimum Gasteiger partial charge on any atom is -0.371 e. The quantitative estimate of drug-likeness (QED) is 0.463. The molecular formula is C18H24N2O2. The van der Waals surface area contributed by atoms with Gasteiger partial charge in [-0.1, -0.05) is 11.6 Å². The second kappa shape index (κ2) is 6.51. The predicted molar refractivity (Wildman–Crippen MR) is 89.3 cm³/mol. The van der Waals surface area contributed by atoms with Crippen molar-refractivity contribution in [3.8, 4) is 0 Å². The number of nitro groups is 1. The van der Waals surface area contributed by atoms with Gasteiger partial charge < -0.3 is 4.90 Å². The van der Waals surface area contributed by atoms with Crippen LogP contribution in [0.15, 0.2) is 29.8 Å². The Kier molecular flexibility index (Phi) is 4.46. The maximum absolute atomic E-state index is 10.9. The summed E-state index contributed by atoms with van der Waals surface area (Å²) < 4.78 is 0. The standard InChI is InChI=1S/C18H24N2O2/c1-14-11-17(7-8-18(14)20(21)22)19-10-9-16(13-19)12-15-5-3-2-4-6-15/h5,7-8,11,16H,2-4,6,9-10,12-13H2,1H3. The molecule has 0 radical (unpaired) electrons. The van der Waals surface area contributed by atoms with Crippen molar-refractivity contribution in [3.63, 3.8) is 0 Å². The molecule has 0 bridgehead atoms. The zero-order chi connectivity index (χ0) is 15.5. The number of rotatable bonds is 4. The van der Waals surface area contributed by atoms with Crippen LogP contribution in [0.4, 0.5) is 11.4 Å². The van der Waals surface area contributed by atoms with Crippen molar-refractivity contribution in [2.24, 2.45) is 5.92 Å². The van der Waals surface area contributed by atoms with Gasteiger partial charge in [0, 0.05) is 30.4 Å². The van der Waals surface area contributed by atoms with Gasteiger partial charge in [-0.15, -0.1) is 0 Å². The highest BCUT2D eigenvalue weighted by atomic mass is 16.6. The van der Waals surface area contributed by atoms with Gasteiger partial charge in [0.05, 0.1) is 4.92 Å². The number of aryl methyl sites for hydroxylation is 1. The molecule has 0 spiro atoms. The normalized spacial score (nSPS) is 21.8. The Labute approximate surface area is 132 Å². The average Bonchev–Trinajstić information content (AvgIpc) is 2.96. The molecule has 1 atom stereocenters. The molecule has 22 heavy (non-hydrogen) atoms. The van der Waals surface area contributed by atoms with E-state index in [-0.39, 0.29) is 10.6 Å². The van der Waals surface area contributed by atoms with Crippen LogP contribution in [0.2, 0.25) is 0 Å². The van der Waals surface area contributed by atoms with Crippen LogP contribution in [-0.4, -0.2) is 18.0 Å². The van der Waals surface area contributed by atoms with Crippen LogP contribution < -0.4 is 4.90 Å². The fraction of sp³-hybridized carbons (Fsp3) is 0.556. The van der Waals surface area contributed by atoms with Crippen LogP contribution in [0.25, 0.3) is 0 Å². The number of nitro benzene ring substituents is 1. The van der Waals surface area contributed by atoms with E-state index in [1.807, 2.05) is 19.1 Å². The number of anilines is 1. The minimum absolute atomic E-state index is 0.215. The molecule has 118 valence electrons. The lowest BCUT2D eigenvalue weighted by Gasteiger charge is -2.20. The molecular weight excluding hydrogens is 276 g/mol. The van der Waals surface area contributed by atoms with E-state index in [1.54, 1.807) is 11.6 Å². The molecule has 0 aromatic heterocycles. The number of benzene rings is 1. The van der Waals surface area contributed by atoms with E-state index in [9.17, 15) is 10.1 Å². The molecule has 3 rings (SSSR count). The van der Waals surface area contributed by atoms with E-state index in [0.717, 1.165) is 30.3 Å². The van der Waals surface area contributed by atoms with Crippen LogP contribution in [0, 0.1) is 23.0 Å². The Morgan fingerprint density at radius 1 is 1.36 bits per heavy atom. The van der Waals surface area contributed by atoms with Crippen molar-refractivity contribution in [2.75, 3.05) is 18.0 Å². The minimum atomic E-state index is -0.304. The van der Waals surface area contributed by atoms with Gasteiger partial charge in [0.2, 0.25) is 0 Å². The van der Waals surface area contributed by atoms with E-state index in [4.69, 9.17) is 0 Å². The zero-order valence-corrected chi connectivity index (χ0v) is 13.3. The maximum atomic E-state index is 10.9. The third-order valence-electron chi connectivity index (χ3n) is 4.96. The van der Waals surface area contributed by atoms with Gasteiger partial charge in [0.15, 0.2) is 0 Å². The average molecular weight is 300 g/mol. The third-order valence-corrected chi connectivity index (χ3v) is 4.96. The molecule has 4 heteroatoms. The Morgan fingerprint density at radius 3 is 2.91 bits per heavy atom. The van der Waals surface area contributed by atoms with Crippen LogP contribution in [-0.2, 0) is 0 Å². The summed E-state index contributed by atoms with van der Waals surface area (Å²) in [6, 6.07) is 5.50. The van der Waals surface area contributed by atoms with Gasteiger partial charge in [-0.3, -0.25) is 10.1 Å². The summed E-state index contributed by atoms with van der Waals surface area (Å²) in [6.45, 7) is 3.96. The third kappa shape index (κ3) is 3.32. The van der Waals surface area contributed by atoms with E-state index in [0.29, 0.717) is 0 Å². The molecule has 1 unspecified atom stereocenters. The fourth-order valence-corrected chi connectivity index (χ4v) is 3.74. The first-order valence-corrected chi connectivity index (χ1v) is 8.31. The van der Waals surface area contributed by atoms with E-state index in [2.05, 4.69) is 11.0 Å². The first kappa shape index (κ1) is 15.1. The smallest absolute Gasteiger partial charge is 0.272 e. The molecule has 4 nitrogen and oxygen atoms in total. The van der Waals surface area contributed by atoms with Gasteiger partial charge >= 0.3 is 0 Å². The summed E-state index contributed by atoms with van der Waals surface area (Å²) in [5, 5.41) is 10.9. The first-order valence-electron chi connectivity index (χ1n) is 8.31. The highest BCUT2D eigenvalue weighted by Crippen LogP contribution is 2.32. The van der Waals surface area contributed by atoms with Crippen LogP contribution in [0.5, 0.6) is 0 Å². The molecule has 1 aliphatic heterocycles. The molecule has 0 saturated carbocycles. The van der Waals surface area contributed by atoms with Gasteiger partial charge in [-0.25, -0.2) is 0 Å². The van der Waals surface area contributed by atoms with Gasteiger partial charge in [0.1, 0.15) is 0 Å². The van der Waals surface area contributed by atoms with E-state index < -0.39 is 0 Å². The Balaban J connectivity index is 1.63. The second-order valence-corrected chi connectivity index (χ2v) is 6.64. The summed E-state index contributed by atoms with van der Waals surface area (Å²) in [5.74, 6) is 0.736. The van der Waals surface area contributed by atoms with Crippen molar-refractivity contribution in [3.05, 3.63) is 45.5 Å². The Hall–Kier alpha value is -1.84. The number of allylic oxidation sites excluding steroid dienone is 2. The predicted octanol–water partition coefficient (Wildman–Crippen LogP) is 4.62. The summed E-state index contributed by atoms with van der Waals surface area (Å²) in [7, 11) is 0. The zero-order valence-electron chi connectivity index (χ0n) is 13.3. The maximum Gasteiger partial charge on any atom is 0.272 e. The number of hydrogen-bond donors (Lipinski definition) is 0. The van der Waals surface area contributed by atoms with Crippen molar-refractivity contribution < 1.29 is 4.92 Å². The summed E-state index contributed by atoms with van der Waals surface area (Å²) >= 11 is 0. The largest absolute Gasteiger partial charge is 0.371 e. The molecule has 1 aromatic rings. The molecule has 1 aromatic carbocycles. The lowest BCUT2D eigenvalue weighted by atomic mass is 9.91. The van der Waals surface area contributed by atoms with Crippen LogP contribution in [0.1, 0.15) is 44.1 Å². The highest BCUT2D eigenvalue weighted by molar-refractivity contribution is 5.55. The summed E-state index contributed by atoms with van der Waals surface area (Å²) in [6.07, 6.45) is 10.2.